The van der Waals surface area contributed by atoms with E-state index in [2.05, 4.69) is 5.32 Å². The first kappa shape index (κ1) is 19.3. The predicted molar refractivity (Wildman–Crippen MR) is 85.9 cm³/mol. The van der Waals surface area contributed by atoms with E-state index in [0.717, 1.165) is 11.1 Å². The molecular weight excluding hydrogens is 314 g/mol. The lowest BCUT2D eigenvalue weighted by Crippen LogP contribution is -2.41. The van der Waals surface area contributed by atoms with Crippen molar-refractivity contribution in [3.63, 3.8) is 0 Å². The van der Waals surface area contributed by atoms with Crippen LogP contribution in [0.3, 0.4) is 0 Å². The number of ketones is 1. The van der Waals surface area contributed by atoms with Crippen LogP contribution in [0.4, 0.5) is 0 Å². The molecule has 0 saturated heterocycles. The van der Waals surface area contributed by atoms with Crippen molar-refractivity contribution in [2.24, 2.45) is 0 Å². The lowest BCUT2D eigenvalue weighted by Gasteiger charge is -2.13. The molecule has 1 rings (SSSR count). The largest absolute Gasteiger partial charge is 0.481 e. The Hall–Kier alpha value is -2.70. The standard InChI is InChI=1S/C17H21NO6/c1-10-3-4-12(9-11(10)2)14(19)6-7-15(20)18-13(17(23)24)5-8-16(21)22/h3-4,9,13H,5-8H2,1-2H3,(H,18,20)(H,21,22)(H,23,24)/t13-/m0/s1. The lowest BCUT2D eigenvalue weighted by atomic mass is 10.0. The molecule has 0 aliphatic heterocycles. The van der Waals surface area contributed by atoms with Gasteiger partial charge in [0, 0.05) is 24.8 Å². The van der Waals surface area contributed by atoms with Crippen LogP contribution in [0.25, 0.3) is 0 Å². The summed E-state index contributed by atoms with van der Waals surface area (Å²) in [6, 6.07) is 4.00. The molecule has 1 amide bonds. The fourth-order valence-electron chi connectivity index (χ4n) is 2.08. The molecule has 0 bridgehead atoms. The van der Waals surface area contributed by atoms with Crippen LogP contribution in [0.5, 0.6) is 0 Å². The van der Waals surface area contributed by atoms with Crippen LogP contribution in [0.15, 0.2) is 18.2 Å². The number of aryl methyl sites for hydroxylation is 2. The zero-order valence-electron chi connectivity index (χ0n) is 13.7. The number of carboxylic acid groups (broad SMARTS) is 2. The minimum absolute atomic E-state index is 0.0421. The summed E-state index contributed by atoms with van der Waals surface area (Å²) in [6.07, 6.45) is -0.761. The summed E-state index contributed by atoms with van der Waals surface area (Å²) < 4.78 is 0. The van der Waals surface area contributed by atoms with Crippen molar-refractivity contribution >= 4 is 23.6 Å². The summed E-state index contributed by atoms with van der Waals surface area (Å²) in [7, 11) is 0. The summed E-state index contributed by atoms with van der Waals surface area (Å²) in [5.41, 5.74) is 2.54. The molecule has 0 spiro atoms. The van der Waals surface area contributed by atoms with Crippen LogP contribution in [-0.4, -0.2) is 39.9 Å². The van der Waals surface area contributed by atoms with Crippen LogP contribution in [0.1, 0.15) is 47.2 Å². The number of aliphatic carboxylic acids is 2. The Morgan fingerprint density at radius 2 is 1.67 bits per heavy atom. The quantitative estimate of drug-likeness (QED) is 0.591. The van der Waals surface area contributed by atoms with Gasteiger partial charge in [0.2, 0.25) is 5.91 Å². The van der Waals surface area contributed by atoms with E-state index in [1.165, 1.54) is 0 Å². The van der Waals surface area contributed by atoms with Gasteiger partial charge < -0.3 is 15.5 Å². The Kier molecular flexibility index (Phi) is 7.10. The minimum Gasteiger partial charge on any atom is -0.481 e. The molecule has 0 unspecified atom stereocenters. The third-order valence-corrected chi connectivity index (χ3v) is 3.69. The minimum atomic E-state index is -1.30. The van der Waals surface area contributed by atoms with Crippen LogP contribution < -0.4 is 5.32 Å². The molecule has 0 saturated carbocycles. The first-order valence-corrected chi connectivity index (χ1v) is 7.55. The molecular formula is C17H21NO6. The lowest BCUT2D eigenvalue weighted by molar-refractivity contribution is -0.143. The SMILES string of the molecule is Cc1ccc(C(=O)CCC(=O)N[C@@H](CCC(=O)O)C(=O)O)cc1C. The summed E-state index contributed by atoms with van der Waals surface area (Å²) in [6.45, 7) is 3.82. The maximum atomic E-state index is 12.1. The van der Waals surface area contributed by atoms with Crippen molar-refractivity contribution in [3.05, 3.63) is 34.9 Å². The second-order valence-electron chi connectivity index (χ2n) is 5.61. The molecule has 0 fully saturated rings. The van der Waals surface area contributed by atoms with Crippen LogP contribution in [-0.2, 0) is 14.4 Å². The Morgan fingerprint density at radius 3 is 2.21 bits per heavy atom. The summed E-state index contributed by atoms with van der Waals surface area (Å²) in [4.78, 5) is 45.3. The van der Waals surface area contributed by atoms with Gasteiger partial charge in [0.05, 0.1) is 0 Å². The number of nitrogens with one attached hydrogen (secondary N) is 1. The fraction of sp³-hybridized carbons (Fsp3) is 0.412. The molecule has 0 heterocycles. The van der Waals surface area contributed by atoms with Gasteiger partial charge in [0.1, 0.15) is 6.04 Å². The number of carbonyl (C=O) groups excluding carboxylic acids is 2. The number of rotatable bonds is 9. The number of carbonyl (C=O) groups is 4. The average Bonchev–Trinajstić information content (AvgIpc) is 2.51. The van der Waals surface area contributed by atoms with Gasteiger partial charge in [-0.2, -0.15) is 0 Å². The van der Waals surface area contributed by atoms with E-state index in [0.29, 0.717) is 5.56 Å². The van der Waals surface area contributed by atoms with Crippen molar-refractivity contribution in [3.8, 4) is 0 Å². The molecule has 7 nitrogen and oxygen atoms in total. The molecule has 1 aromatic carbocycles. The molecule has 24 heavy (non-hydrogen) atoms. The van der Waals surface area contributed by atoms with Crippen molar-refractivity contribution < 1.29 is 29.4 Å². The highest BCUT2D eigenvalue weighted by Gasteiger charge is 2.21. The summed E-state index contributed by atoms with van der Waals surface area (Å²) in [5.74, 6) is -3.24. The first-order valence-electron chi connectivity index (χ1n) is 7.55. The normalized spacial score (nSPS) is 11.6. The zero-order chi connectivity index (χ0) is 18.3. The number of hydrogen-bond donors (Lipinski definition) is 3. The number of Topliss-reactive ketones (excluding diaryl/α,β-unsaturated/α-hetero) is 1. The van der Waals surface area contributed by atoms with E-state index in [1.807, 2.05) is 19.9 Å². The van der Waals surface area contributed by atoms with Crippen molar-refractivity contribution in [1.29, 1.82) is 0 Å². The maximum Gasteiger partial charge on any atom is 0.326 e. The zero-order valence-corrected chi connectivity index (χ0v) is 13.7. The van der Waals surface area contributed by atoms with Gasteiger partial charge in [-0.15, -0.1) is 0 Å². The topological polar surface area (TPSA) is 121 Å². The second-order valence-corrected chi connectivity index (χ2v) is 5.61. The van der Waals surface area contributed by atoms with Crippen LogP contribution in [0.2, 0.25) is 0 Å². The number of amides is 1. The smallest absolute Gasteiger partial charge is 0.326 e. The van der Waals surface area contributed by atoms with Gasteiger partial charge in [-0.1, -0.05) is 12.1 Å². The highest BCUT2D eigenvalue weighted by Crippen LogP contribution is 2.12. The van der Waals surface area contributed by atoms with E-state index < -0.39 is 23.9 Å². The van der Waals surface area contributed by atoms with Gasteiger partial charge in [-0.25, -0.2) is 4.79 Å². The Morgan fingerprint density at radius 1 is 1.00 bits per heavy atom. The maximum absolute atomic E-state index is 12.1. The van der Waals surface area contributed by atoms with Crippen molar-refractivity contribution in [2.45, 2.75) is 45.6 Å². The molecule has 0 radical (unpaired) electrons. The fourth-order valence-corrected chi connectivity index (χ4v) is 2.08. The van der Waals surface area contributed by atoms with Gasteiger partial charge in [-0.05, 0) is 37.5 Å². The van der Waals surface area contributed by atoms with E-state index in [1.54, 1.807) is 12.1 Å². The number of benzene rings is 1. The van der Waals surface area contributed by atoms with Crippen LogP contribution >= 0.6 is 0 Å². The van der Waals surface area contributed by atoms with E-state index in [-0.39, 0.29) is 31.5 Å². The monoisotopic (exact) mass is 335 g/mol. The van der Waals surface area contributed by atoms with E-state index in [9.17, 15) is 19.2 Å². The predicted octanol–water partition coefficient (Wildman–Crippen LogP) is 1.70. The van der Waals surface area contributed by atoms with Crippen molar-refractivity contribution in [2.75, 3.05) is 0 Å². The molecule has 0 aromatic heterocycles. The van der Waals surface area contributed by atoms with E-state index in [4.69, 9.17) is 10.2 Å². The third kappa shape index (κ3) is 6.20. The van der Waals surface area contributed by atoms with Gasteiger partial charge in [-0.3, -0.25) is 14.4 Å². The first-order chi connectivity index (χ1) is 11.2. The van der Waals surface area contributed by atoms with Crippen LogP contribution in [0, 0.1) is 13.8 Å². The average molecular weight is 335 g/mol. The van der Waals surface area contributed by atoms with Crippen molar-refractivity contribution in [1.82, 2.24) is 5.32 Å². The van der Waals surface area contributed by atoms with Gasteiger partial charge >= 0.3 is 11.9 Å². The molecule has 0 aliphatic carbocycles. The second kappa shape index (κ2) is 8.81. The molecule has 7 heteroatoms. The number of carboxylic acids is 2. The molecule has 0 aliphatic rings. The molecule has 3 N–H and O–H groups in total. The molecule has 1 atom stereocenters. The highest BCUT2D eigenvalue weighted by atomic mass is 16.4. The van der Waals surface area contributed by atoms with E-state index >= 15 is 0 Å². The third-order valence-electron chi connectivity index (χ3n) is 3.69. The number of hydrogen-bond acceptors (Lipinski definition) is 4. The van der Waals surface area contributed by atoms with Gasteiger partial charge in [0.15, 0.2) is 5.78 Å². The summed E-state index contributed by atoms with van der Waals surface area (Å²) in [5, 5.41) is 19.8. The Balaban J connectivity index is 2.54. The molecule has 130 valence electrons. The molecule has 1 aromatic rings. The Labute approximate surface area is 139 Å². The van der Waals surface area contributed by atoms with Gasteiger partial charge in [0.25, 0.3) is 0 Å². The summed E-state index contributed by atoms with van der Waals surface area (Å²) >= 11 is 0. The highest BCUT2D eigenvalue weighted by molar-refractivity contribution is 5.98. The Bertz CT molecular complexity index is 652.